The summed E-state index contributed by atoms with van der Waals surface area (Å²) < 4.78 is 15.2. The number of carbonyl (C=O) groups excluding carboxylic acids is 1. The van der Waals surface area contributed by atoms with Crippen LogP contribution in [-0.4, -0.2) is 22.0 Å². The van der Waals surface area contributed by atoms with Crippen LogP contribution in [0.1, 0.15) is 11.3 Å². The van der Waals surface area contributed by atoms with Gasteiger partial charge in [-0.2, -0.15) is 0 Å². The molecule has 2 amide bonds. The van der Waals surface area contributed by atoms with Gasteiger partial charge in [0.1, 0.15) is 5.82 Å². The van der Waals surface area contributed by atoms with Gasteiger partial charge in [-0.15, -0.1) is 6.58 Å². The van der Waals surface area contributed by atoms with E-state index in [0.717, 1.165) is 11.3 Å². The molecular weight excluding hydrogens is 412 g/mol. The van der Waals surface area contributed by atoms with Crippen LogP contribution >= 0.6 is 23.2 Å². The van der Waals surface area contributed by atoms with E-state index in [0.29, 0.717) is 35.4 Å². The highest BCUT2D eigenvalue weighted by atomic mass is 35.5. The summed E-state index contributed by atoms with van der Waals surface area (Å²) >= 11 is 11.9. The second-order valence-electron chi connectivity index (χ2n) is 6.48. The Morgan fingerprint density at radius 1 is 1.14 bits per heavy atom. The molecule has 0 atom stereocenters. The topological polar surface area (TPSA) is 37.3 Å². The number of hydrogen-bond acceptors (Lipinski definition) is 1. The van der Waals surface area contributed by atoms with E-state index in [1.165, 1.54) is 12.1 Å². The lowest BCUT2D eigenvalue weighted by molar-refractivity contribution is 0.214. The van der Waals surface area contributed by atoms with E-state index in [1.807, 2.05) is 22.9 Å². The second kappa shape index (κ2) is 9.63. The van der Waals surface area contributed by atoms with E-state index in [1.54, 1.807) is 41.3 Å². The van der Waals surface area contributed by atoms with Gasteiger partial charge in [0.2, 0.25) is 0 Å². The van der Waals surface area contributed by atoms with Crippen LogP contribution in [0.5, 0.6) is 0 Å². The highest BCUT2D eigenvalue weighted by molar-refractivity contribution is 6.42. The van der Waals surface area contributed by atoms with Gasteiger partial charge in [0.15, 0.2) is 0 Å². The van der Waals surface area contributed by atoms with Crippen molar-refractivity contribution in [3.8, 4) is 0 Å². The van der Waals surface area contributed by atoms with Crippen LogP contribution in [0.25, 0.3) is 0 Å². The normalized spacial score (nSPS) is 10.6. The molecule has 29 heavy (non-hydrogen) atoms. The van der Waals surface area contributed by atoms with E-state index in [9.17, 15) is 9.18 Å². The molecular formula is C22H20Cl2FN3O. The summed E-state index contributed by atoms with van der Waals surface area (Å²) in [5.74, 6) is -0.266. The molecule has 1 heterocycles. The van der Waals surface area contributed by atoms with Crippen LogP contribution in [0.3, 0.4) is 0 Å². The van der Waals surface area contributed by atoms with E-state index < -0.39 is 0 Å². The van der Waals surface area contributed by atoms with Crippen LogP contribution < -0.4 is 5.32 Å². The average molecular weight is 432 g/mol. The predicted octanol–water partition coefficient (Wildman–Crippen LogP) is 6.20. The van der Waals surface area contributed by atoms with Crippen molar-refractivity contribution in [1.82, 2.24) is 9.47 Å². The molecule has 7 heteroatoms. The summed E-state index contributed by atoms with van der Waals surface area (Å²) in [6, 6.07) is 14.9. The Morgan fingerprint density at radius 2 is 1.90 bits per heavy atom. The first kappa shape index (κ1) is 21.0. The Morgan fingerprint density at radius 3 is 2.59 bits per heavy atom. The van der Waals surface area contributed by atoms with Crippen molar-refractivity contribution in [2.24, 2.45) is 0 Å². The van der Waals surface area contributed by atoms with Crippen LogP contribution in [0.4, 0.5) is 14.9 Å². The van der Waals surface area contributed by atoms with E-state index >= 15 is 0 Å². The molecule has 0 saturated heterocycles. The molecule has 3 rings (SSSR count). The molecule has 1 N–H and O–H groups in total. The SMILES string of the molecule is C=CCN(Cc1cccn1Cc1ccc(F)cc1)C(=O)Nc1ccc(Cl)c(Cl)c1. The van der Waals surface area contributed by atoms with Crippen LogP contribution in [-0.2, 0) is 13.1 Å². The molecule has 0 aliphatic carbocycles. The van der Waals surface area contributed by atoms with Gasteiger partial charge in [-0.1, -0.05) is 41.4 Å². The molecule has 0 bridgehead atoms. The van der Waals surface area contributed by atoms with Crippen LogP contribution in [0, 0.1) is 5.82 Å². The number of aromatic nitrogens is 1. The Balaban J connectivity index is 1.72. The third-order valence-corrected chi connectivity index (χ3v) is 5.09. The Hall–Kier alpha value is -2.76. The number of halogens is 3. The summed E-state index contributed by atoms with van der Waals surface area (Å²) in [5.41, 5.74) is 2.47. The van der Waals surface area contributed by atoms with Gasteiger partial charge in [-0.25, -0.2) is 9.18 Å². The van der Waals surface area contributed by atoms with Crippen LogP contribution in [0.15, 0.2) is 73.4 Å². The number of urea groups is 1. The molecule has 0 aliphatic heterocycles. The highest BCUT2D eigenvalue weighted by Gasteiger charge is 2.15. The molecule has 0 fully saturated rings. The van der Waals surface area contributed by atoms with Crippen molar-refractivity contribution in [3.63, 3.8) is 0 Å². The molecule has 1 aromatic heterocycles. The van der Waals surface area contributed by atoms with E-state index in [4.69, 9.17) is 23.2 Å². The van der Waals surface area contributed by atoms with E-state index in [-0.39, 0.29) is 11.8 Å². The maximum Gasteiger partial charge on any atom is 0.322 e. The van der Waals surface area contributed by atoms with Crippen molar-refractivity contribution >= 4 is 34.9 Å². The lowest BCUT2D eigenvalue weighted by atomic mass is 10.2. The minimum absolute atomic E-state index is 0.266. The molecule has 2 aromatic carbocycles. The summed E-state index contributed by atoms with van der Waals surface area (Å²) in [6.07, 6.45) is 3.60. The van der Waals surface area contributed by atoms with Gasteiger partial charge >= 0.3 is 6.03 Å². The fourth-order valence-electron chi connectivity index (χ4n) is 2.88. The second-order valence-corrected chi connectivity index (χ2v) is 7.30. The number of amides is 2. The Bertz CT molecular complexity index is 1000. The average Bonchev–Trinajstić information content (AvgIpc) is 3.13. The first-order chi connectivity index (χ1) is 14.0. The third kappa shape index (κ3) is 5.62. The molecule has 0 unspecified atom stereocenters. The highest BCUT2D eigenvalue weighted by Crippen LogP contribution is 2.25. The molecule has 4 nitrogen and oxygen atoms in total. The zero-order valence-electron chi connectivity index (χ0n) is 15.6. The largest absolute Gasteiger partial charge is 0.345 e. The first-order valence-electron chi connectivity index (χ1n) is 8.96. The zero-order chi connectivity index (χ0) is 20.8. The third-order valence-electron chi connectivity index (χ3n) is 4.35. The summed E-state index contributed by atoms with van der Waals surface area (Å²) in [5, 5.41) is 3.62. The van der Waals surface area contributed by atoms with Gasteiger partial charge < -0.3 is 14.8 Å². The van der Waals surface area contributed by atoms with Crippen molar-refractivity contribution in [2.45, 2.75) is 13.1 Å². The maximum atomic E-state index is 13.1. The number of rotatable bonds is 7. The van der Waals surface area contributed by atoms with Crippen molar-refractivity contribution in [3.05, 3.63) is 101 Å². The fraction of sp³-hybridized carbons (Fsp3) is 0.136. The number of anilines is 1. The lowest BCUT2D eigenvalue weighted by Gasteiger charge is -2.23. The molecule has 0 aliphatic rings. The number of hydrogen-bond donors (Lipinski definition) is 1. The van der Waals surface area contributed by atoms with Gasteiger partial charge in [0.05, 0.1) is 16.6 Å². The number of carbonyl (C=O) groups is 1. The Kier molecular flexibility index (Phi) is 6.96. The minimum Gasteiger partial charge on any atom is -0.345 e. The molecule has 0 spiro atoms. The zero-order valence-corrected chi connectivity index (χ0v) is 17.1. The van der Waals surface area contributed by atoms with Gasteiger partial charge in [0, 0.05) is 30.7 Å². The van der Waals surface area contributed by atoms with Gasteiger partial charge in [-0.3, -0.25) is 0 Å². The van der Waals surface area contributed by atoms with Gasteiger partial charge in [0.25, 0.3) is 0 Å². The van der Waals surface area contributed by atoms with Crippen molar-refractivity contribution in [1.29, 1.82) is 0 Å². The summed E-state index contributed by atoms with van der Waals surface area (Å²) in [6.45, 7) is 5.08. The maximum absolute atomic E-state index is 13.1. The fourth-order valence-corrected chi connectivity index (χ4v) is 3.18. The summed E-state index contributed by atoms with van der Waals surface area (Å²) in [7, 11) is 0. The number of nitrogens with zero attached hydrogens (tertiary/aromatic N) is 2. The molecule has 0 saturated carbocycles. The van der Waals surface area contributed by atoms with Crippen molar-refractivity contribution in [2.75, 3.05) is 11.9 Å². The van der Waals surface area contributed by atoms with E-state index in [2.05, 4.69) is 11.9 Å². The molecule has 150 valence electrons. The van der Waals surface area contributed by atoms with Crippen molar-refractivity contribution < 1.29 is 9.18 Å². The smallest absolute Gasteiger partial charge is 0.322 e. The van der Waals surface area contributed by atoms with Gasteiger partial charge in [-0.05, 0) is 48.0 Å². The monoisotopic (exact) mass is 431 g/mol. The number of nitrogens with one attached hydrogen (secondary N) is 1. The Labute approximate surface area is 179 Å². The number of benzene rings is 2. The minimum atomic E-state index is -0.280. The molecule has 3 aromatic rings. The lowest BCUT2D eigenvalue weighted by Crippen LogP contribution is -2.35. The summed E-state index contributed by atoms with van der Waals surface area (Å²) in [4.78, 5) is 14.4. The molecule has 0 radical (unpaired) electrons. The first-order valence-corrected chi connectivity index (χ1v) is 9.72. The van der Waals surface area contributed by atoms with Crippen LogP contribution in [0.2, 0.25) is 10.0 Å². The predicted molar refractivity (Wildman–Crippen MR) is 116 cm³/mol. The quantitative estimate of drug-likeness (QED) is 0.444. The standard InChI is InChI=1S/C22H20Cl2FN3O/c1-2-11-28(22(29)26-18-9-10-20(23)21(24)13-18)15-19-4-3-12-27(19)14-16-5-7-17(25)8-6-16/h2-10,12-13H,1,11,14-15H2,(H,26,29).